The van der Waals surface area contributed by atoms with Crippen LogP contribution in [0, 0.1) is 5.82 Å². The Balaban J connectivity index is 1.43. The average Bonchev–Trinajstić information content (AvgIpc) is 2.86. The highest BCUT2D eigenvalue weighted by atomic mass is 32.2. The highest BCUT2D eigenvalue weighted by Crippen LogP contribution is 2.32. The van der Waals surface area contributed by atoms with Gasteiger partial charge in [0.25, 0.3) is 6.02 Å². The first kappa shape index (κ1) is 26.9. The van der Waals surface area contributed by atoms with Crippen LogP contribution in [0.5, 0.6) is 0 Å². The molecule has 2 aromatic carbocycles. The van der Waals surface area contributed by atoms with E-state index in [2.05, 4.69) is 9.71 Å². The number of hydrogen-bond acceptors (Lipinski definition) is 6. The molecule has 2 saturated heterocycles. The van der Waals surface area contributed by atoms with Crippen LogP contribution in [0.3, 0.4) is 0 Å². The molecule has 0 aromatic heterocycles. The second kappa shape index (κ2) is 10.7. The number of carbonyl (C=O) groups excluding carboxylic acids is 1. The zero-order valence-corrected chi connectivity index (χ0v) is 22.4. The number of amidine groups is 1. The second-order valence-electron chi connectivity index (χ2n) is 10.2. The molecule has 2 fully saturated rings. The van der Waals surface area contributed by atoms with E-state index in [0.717, 1.165) is 18.4 Å². The van der Waals surface area contributed by atoms with E-state index in [1.807, 2.05) is 24.3 Å². The summed E-state index contributed by atoms with van der Waals surface area (Å²) >= 11 is 0. The van der Waals surface area contributed by atoms with Crippen LogP contribution in [0.1, 0.15) is 62.3 Å². The van der Waals surface area contributed by atoms with Crippen molar-refractivity contribution < 1.29 is 27.1 Å². The Labute approximate surface area is 217 Å². The van der Waals surface area contributed by atoms with Crippen LogP contribution in [-0.4, -0.2) is 56.5 Å². The number of amides is 1. The summed E-state index contributed by atoms with van der Waals surface area (Å²) in [6.07, 6.45) is 1.67. The summed E-state index contributed by atoms with van der Waals surface area (Å²) in [6, 6.07) is 13.5. The lowest BCUT2D eigenvalue weighted by Crippen LogP contribution is -2.59. The summed E-state index contributed by atoms with van der Waals surface area (Å²) in [6.45, 7) is 6.43. The molecule has 8 nitrogen and oxygen atoms in total. The smallest absolute Gasteiger partial charge is 0.409 e. The van der Waals surface area contributed by atoms with Crippen LogP contribution in [0.25, 0.3) is 0 Å². The normalized spacial score (nSPS) is 23.1. The molecule has 200 valence electrons. The van der Waals surface area contributed by atoms with Gasteiger partial charge in [-0.05, 0) is 63.1 Å². The fraction of sp³-hybridized carbons (Fsp3) is 0.481. The summed E-state index contributed by atoms with van der Waals surface area (Å²) in [5.74, 6) is -0.0716. The van der Waals surface area contributed by atoms with Gasteiger partial charge in [-0.15, -0.1) is 0 Å². The zero-order chi connectivity index (χ0) is 26.8. The van der Waals surface area contributed by atoms with Gasteiger partial charge < -0.3 is 14.4 Å². The minimum Gasteiger partial charge on any atom is -0.457 e. The molecule has 4 rings (SSSR count). The Morgan fingerprint density at radius 3 is 2.43 bits per heavy atom. The SMILES string of the molecule is COC(=O)N1CCC(c2ccc(CC3C(C)(C)OC(=N[C@@H](C)c4ccccc4F)NS3(=O)=O)cc2)CC1. The molecule has 2 aliphatic heterocycles. The Morgan fingerprint density at radius 1 is 1.19 bits per heavy atom. The number of nitrogens with one attached hydrogen (secondary N) is 1. The van der Waals surface area contributed by atoms with E-state index in [1.165, 1.54) is 18.7 Å². The van der Waals surface area contributed by atoms with Crippen molar-refractivity contribution >= 4 is 22.1 Å². The largest absolute Gasteiger partial charge is 0.457 e. The van der Waals surface area contributed by atoms with E-state index in [4.69, 9.17) is 9.47 Å². The van der Waals surface area contributed by atoms with Gasteiger partial charge in [-0.2, -0.15) is 0 Å². The maximum Gasteiger partial charge on any atom is 0.409 e. The van der Waals surface area contributed by atoms with Gasteiger partial charge in [0.2, 0.25) is 10.0 Å². The minimum atomic E-state index is -3.81. The van der Waals surface area contributed by atoms with Crippen LogP contribution in [0.4, 0.5) is 9.18 Å². The molecule has 10 heteroatoms. The second-order valence-corrected chi connectivity index (χ2v) is 12.0. The van der Waals surface area contributed by atoms with Crippen molar-refractivity contribution in [3.63, 3.8) is 0 Å². The van der Waals surface area contributed by atoms with Gasteiger partial charge >= 0.3 is 6.09 Å². The molecule has 2 heterocycles. The number of methoxy groups -OCH3 is 1. The third-order valence-electron chi connectivity index (χ3n) is 7.21. The molecular formula is C27H34FN3O5S. The van der Waals surface area contributed by atoms with E-state index >= 15 is 0 Å². The number of hydrogen-bond donors (Lipinski definition) is 1. The van der Waals surface area contributed by atoms with E-state index in [0.29, 0.717) is 24.6 Å². The monoisotopic (exact) mass is 531 g/mol. The maximum atomic E-state index is 14.1. The van der Waals surface area contributed by atoms with Crippen LogP contribution < -0.4 is 4.72 Å². The van der Waals surface area contributed by atoms with Crippen molar-refractivity contribution in [1.82, 2.24) is 9.62 Å². The molecular weight excluding hydrogens is 497 g/mol. The Kier molecular flexibility index (Phi) is 7.77. The summed E-state index contributed by atoms with van der Waals surface area (Å²) in [4.78, 5) is 17.7. The number of halogens is 1. The van der Waals surface area contributed by atoms with Crippen molar-refractivity contribution in [2.24, 2.45) is 4.99 Å². The number of sulfonamides is 1. The van der Waals surface area contributed by atoms with Gasteiger partial charge in [-0.3, -0.25) is 0 Å². The van der Waals surface area contributed by atoms with E-state index in [9.17, 15) is 17.6 Å². The van der Waals surface area contributed by atoms with Gasteiger partial charge in [-0.25, -0.2) is 27.3 Å². The summed E-state index contributed by atoms with van der Waals surface area (Å²) in [5, 5.41) is -0.850. The summed E-state index contributed by atoms with van der Waals surface area (Å²) in [7, 11) is -2.42. The molecule has 0 spiro atoms. The first-order valence-corrected chi connectivity index (χ1v) is 14.0. The molecule has 2 aliphatic rings. The highest BCUT2D eigenvalue weighted by Gasteiger charge is 2.47. The lowest BCUT2D eigenvalue weighted by atomic mass is 9.88. The number of aliphatic imine (C=N–C) groups is 1. The lowest BCUT2D eigenvalue weighted by Gasteiger charge is -2.39. The van der Waals surface area contributed by atoms with Crippen LogP contribution in [-0.2, 0) is 25.9 Å². The predicted octanol–water partition coefficient (Wildman–Crippen LogP) is 4.53. The standard InChI is InChI=1S/C27H34FN3O5S/c1-18(22-7-5-6-8-23(22)28)29-25-30-37(33,34)24(27(2,3)36-25)17-19-9-11-20(12-10-19)21-13-15-31(16-14-21)26(32)35-4/h5-12,18,21,24H,13-17H2,1-4H3,(H,29,30)/t18-,24?/m0/s1. The van der Waals surface area contributed by atoms with Gasteiger partial charge in [0.1, 0.15) is 16.7 Å². The first-order chi connectivity index (χ1) is 17.5. The molecule has 1 unspecified atom stereocenters. The number of carbonyl (C=O) groups is 1. The molecule has 2 aromatic rings. The molecule has 37 heavy (non-hydrogen) atoms. The third-order valence-corrected chi connectivity index (χ3v) is 9.15. The van der Waals surface area contributed by atoms with Crippen molar-refractivity contribution in [1.29, 1.82) is 0 Å². The van der Waals surface area contributed by atoms with Crippen molar-refractivity contribution in [2.45, 2.75) is 62.8 Å². The molecule has 1 amide bonds. The quantitative estimate of drug-likeness (QED) is 0.612. The number of likely N-dealkylation sites (tertiary alicyclic amines) is 1. The lowest BCUT2D eigenvalue weighted by molar-refractivity contribution is 0.0762. The Hall–Kier alpha value is -3.14. The van der Waals surface area contributed by atoms with Crippen LogP contribution in [0.15, 0.2) is 53.5 Å². The summed E-state index contributed by atoms with van der Waals surface area (Å²) in [5.41, 5.74) is 1.35. The Morgan fingerprint density at radius 2 is 1.84 bits per heavy atom. The highest BCUT2D eigenvalue weighted by molar-refractivity contribution is 7.90. The number of benzene rings is 2. The average molecular weight is 532 g/mol. The molecule has 0 bridgehead atoms. The number of nitrogens with zero attached hydrogens (tertiary/aromatic N) is 2. The van der Waals surface area contributed by atoms with Crippen molar-refractivity contribution in [3.05, 3.63) is 71.0 Å². The molecule has 0 radical (unpaired) electrons. The van der Waals surface area contributed by atoms with Crippen LogP contribution >= 0.6 is 0 Å². The van der Waals surface area contributed by atoms with Gasteiger partial charge in [-0.1, -0.05) is 42.5 Å². The third kappa shape index (κ3) is 6.06. The minimum absolute atomic E-state index is 0.134. The topological polar surface area (TPSA) is 97.3 Å². The maximum absolute atomic E-state index is 14.1. The fourth-order valence-corrected chi connectivity index (χ4v) is 6.72. The van der Waals surface area contributed by atoms with E-state index in [-0.39, 0.29) is 18.5 Å². The van der Waals surface area contributed by atoms with E-state index < -0.39 is 32.7 Å². The van der Waals surface area contributed by atoms with Gasteiger partial charge in [0.15, 0.2) is 0 Å². The molecule has 2 atom stereocenters. The number of piperidine rings is 1. The molecule has 0 saturated carbocycles. The first-order valence-electron chi connectivity index (χ1n) is 12.4. The molecule has 1 N–H and O–H groups in total. The summed E-state index contributed by atoms with van der Waals surface area (Å²) < 4.78 is 53.8. The predicted molar refractivity (Wildman–Crippen MR) is 139 cm³/mol. The number of rotatable bonds is 5. The van der Waals surface area contributed by atoms with Crippen molar-refractivity contribution in [3.8, 4) is 0 Å². The van der Waals surface area contributed by atoms with Gasteiger partial charge in [0.05, 0.1) is 13.2 Å². The van der Waals surface area contributed by atoms with Crippen molar-refractivity contribution in [2.75, 3.05) is 20.2 Å². The fourth-order valence-electron chi connectivity index (χ4n) is 5.03. The van der Waals surface area contributed by atoms with Crippen LogP contribution in [0.2, 0.25) is 0 Å². The van der Waals surface area contributed by atoms with E-state index in [1.54, 1.807) is 43.9 Å². The molecule has 0 aliphatic carbocycles. The zero-order valence-electron chi connectivity index (χ0n) is 21.6. The number of ether oxygens (including phenoxy) is 2. The van der Waals surface area contributed by atoms with Gasteiger partial charge in [0, 0.05) is 18.7 Å². The Bertz CT molecular complexity index is 1260.